The zero-order chi connectivity index (χ0) is 21.0. The fraction of sp³-hybridized carbons (Fsp3) is 0.889. The molecule has 1 aliphatic carbocycles. The SMILES string of the molecule is CC(C)(C)OC(=O)C(C1CCC(F)(F)CC1)[C@@H](CCCC(F)(F)F)C(=O)O. The number of hydrogen-bond donors (Lipinski definition) is 1. The Hall–Kier alpha value is -1.41. The van der Waals surface area contributed by atoms with Crippen molar-refractivity contribution in [1.29, 1.82) is 0 Å². The minimum atomic E-state index is -4.43. The largest absolute Gasteiger partial charge is 0.481 e. The minimum Gasteiger partial charge on any atom is -0.481 e. The number of carboxylic acid groups (broad SMARTS) is 1. The molecule has 1 unspecified atom stereocenters. The first-order valence-corrected chi connectivity index (χ1v) is 9.01. The summed E-state index contributed by atoms with van der Waals surface area (Å²) in [6.45, 7) is 4.74. The minimum absolute atomic E-state index is 0.0695. The van der Waals surface area contributed by atoms with E-state index in [9.17, 15) is 36.6 Å². The van der Waals surface area contributed by atoms with Crippen LogP contribution in [-0.4, -0.2) is 34.7 Å². The fourth-order valence-corrected chi connectivity index (χ4v) is 3.46. The van der Waals surface area contributed by atoms with Crippen LogP contribution in [0.4, 0.5) is 22.0 Å². The van der Waals surface area contributed by atoms with Crippen molar-refractivity contribution in [3.05, 3.63) is 0 Å². The van der Waals surface area contributed by atoms with E-state index in [1.54, 1.807) is 20.8 Å². The summed E-state index contributed by atoms with van der Waals surface area (Å²) >= 11 is 0. The Bertz CT molecular complexity index is 515. The highest BCUT2D eigenvalue weighted by Crippen LogP contribution is 2.43. The summed E-state index contributed by atoms with van der Waals surface area (Å²) < 4.78 is 69.4. The molecule has 0 aromatic rings. The fourth-order valence-electron chi connectivity index (χ4n) is 3.46. The lowest BCUT2D eigenvalue weighted by Gasteiger charge is -2.36. The predicted octanol–water partition coefficient (Wildman–Crippen LogP) is 5.20. The van der Waals surface area contributed by atoms with Gasteiger partial charge >= 0.3 is 18.1 Å². The van der Waals surface area contributed by atoms with Gasteiger partial charge < -0.3 is 9.84 Å². The normalized spacial score (nSPS) is 20.7. The maximum Gasteiger partial charge on any atom is 0.389 e. The Balaban J connectivity index is 3.01. The Morgan fingerprint density at radius 3 is 2.07 bits per heavy atom. The summed E-state index contributed by atoms with van der Waals surface area (Å²) in [5.74, 6) is -8.44. The van der Waals surface area contributed by atoms with Crippen molar-refractivity contribution in [3.63, 3.8) is 0 Å². The first kappa shape index (κ1) is 23.6. The summed E-state index contributed by atoms with van der Waals surface area (Å²) in [7, 11) is 0. The molecule has 1 saturated carbocycles. The van der Waals surface area contributed by atoms with Gasteiger partial charge in [-0.3, -0.25) is 9.59 Å². The van der Waals surface area contributed by atoms with E-state index in [1.807, 2.05) is 0 Å². The molecule has 9 heteroatoms. The van der Waals surface area contributed by atoms with E-state index in [0.29, 0.717) is 0 Å². The first-order chi connectivity index (χ1) is 12.1. The molecule has 2 atom stereocenters. The quantitative estimate of drug-likeness (QED) is 0.469. The number of carboxylic acids is 1. The maximum absolute atomic E-state index is 13.4. The van der Waals surface area contributed by atoms with Gasteiger partial charge in [0.15, 0.2) is 0 Å². The highest BCUT2D eigenvalue weighted by molar-refractivity contribution is 5.81. The van der Waals surface area contributed by atoms with Gasteiger partial charge in [-0.1, -0.05) is 0 Å². The molecular weight excluding hydrogens is 375 g/mol. The Morgan fingerprint density at radius 1 is 1.15 bits per heavy atom. The van der Waals surface area contributed by atoms with Crippen LogP contribution < -0.4 is 0 Å². The Morgan fingerprint density at radius 2 is 1.67 bits per heavy atom. The van der Waals surface area contributed by atoms with Crippen LogP contribution in [0.1, 0.15) is 65.7 Å². The van der Waals surface area contributed by atoms with Crippen molar-refractivity contribution >= 4 is 11.9 Å². The van der Waals surface area contributed by atoms with Crippen molar-refractivity contribution < 1.29 is 41.4 Å². The zero-order valence-electron chi connectivity index (χ0n) is 15.7. The number of rotatable bonds is 7. The van der Waals surface area contributed by atoms with Crippen molar-refractivity contribution in [1.82, 2.24) is 0 Å². The van der Waals surface area contributed by atoms with Crippen molar-refractivity contribution in [2.75, 3.05) is 0 Å². The topological polar surface area (TPSA) is 63.6 Å². The van der Waals surface area contributed by atoms with E-state index in [2.05, 4.69) is 0 Å². The van der Waals surface area contributed by atoms with Crippen LogP contribution in [0.15, 0.2) is 0 Å². The molecule has 0 aliphatic heterocycles. The van der Waals surface area contributed by atoms with Gasteiger partial charge in [0, 0.05) is 19.3 Å². The van der Waals surface area contributed by atoms with Crippen molar-refractivity contribution in [2.24, 2.45) is 17.8 Å². The molecule has 0 amide bonds. The molecule has 0 saturated heterocycles. The summed E-state index contributed by atoms with van der Waals surface area (Å²) in [5, 5.41) is 9.52. The molecule has 0 bridgehead atoms. The van der Waals surface area contributed by atoms with E-state index in [0.717, 1.165) is 0 Å². The molecule has 0 radical (unpaired) electrons. The Kier molecular flexibility index (Phi) is 7.64. The van der Waals surface area contributed by atoms with E-state index in [1.165, 1.54) is 0 Å². The maximum atomic E-state index is 13.4. The molecule has 0 spiro atoms. The molecular formula is C18H27F5O4. The van der Waals surface area contributed by atoms with E-state index in [4.69, 9.17) is 4.74 Å². The van der Waals surface area contributed by atoms with Crippen LogP contribution in [0.2, 0.25) is 0 Å². The van der Waals surface area contributed by atoms with E-state index in [-0.39, 0.29) is 19.3 Å². The monoisotopic (exact) mass is 402 g/mol. The number of carbonyl (C=O) groups is 2. The van der Waals surface area contributed by atoms with Crippen LogP contribution in [0.5, 0.6) is 0 Å². The number of halogens is 5. The van der Waals surface area contributed by atoms with Gasteiger partial charge in [0.2, 0.25) is 5.92 Å². The molecule has 1 fully saturated rings. The van der Waals surface area contributed by atoms with E-state index >= 15 is 0 Å². The second kappa shape index (κ2) is 8.73. The Labute approximate surface area is 155 Å². The second-order valence-corrected chi connectivity index (χ2v) is 8.20. The molecule has 0 aromatic heterocycles. The lowest BCUT2D eigenvalue weighted by molar-refractivity contribution is -0.172. The van der Waals surface area contributed by atoms with Crippen LogP contribution >= 0.6 is 0 Å². The highest BCUT2D eigenvalue weighted by atomic mass is 19.4. The smallest absolute Gasteiger partial charge is 0.389 e. The average Bonchev–Trinajstić information content (AvgIpc) is 2.44. The van der Waals surface area contributed by atoms with Gasteiger partial charge in [0.1, 0.15) is 5.60 Å². The molecule has 1 rings (SSSR count). The molecule has 1 aliphatic rings. The molecule has 0 aromatic carbocycles. The summed E-state index contributed by atoms with van der Waals surface area (Å²) in [4.78, 5) is 24.3. The van der Waals surface area contributed by atoms with Crippen LogP contribution in [-0.2, 0) is 14.3 Å². The van der Waals surface area contributed by atoms with Gasteiger partial charge in [0.25, 0.3) is 0 Å². The van der Waals surface area contributed by atoms with Gasteiger partial charge in [0.05, 0.1) is 11.8 Å². The number of carbonyl (C=O) groups excluding carboxylic acids is 1. The lowest BCUT2D eigenvalue weighted by atomic mass is 9.71. The van der Waals surface area contributed by atoms with Crippen LogP contribution in [0.25, 0.3) is 0 Å². The molecule has 158 valence electrons. The molecule has 1 N–H and O–H groups in total. The highest BCUT2D eigenvalue weighted by Gasteiger charge is 2.46. The zero-order valence-corrected chi connectivity index (χ0v) is 15.7. The first-order valence-electron chi connectivity index (χ1n) is 9.01. The van der Waals surface area contributed by atoms with Crippen molar-refractivity contribution in [3.8, 4) is 0 Å². The molecule has 4 nitrogen and oxygen atoms in total. The van der Waals surface area contributed by atoms with E-state index < -0.39 is 73.1 Å². The van der Waals surface area contributed by atoms with Gasteiger partial charge in [-0.05, 0) is 52.4 Å². The lowest BCUT2D eigenvalue weighted by Crippen LogP contribution is -2.42. The van der Waals surface area contributed by atoms with Gasteiger partial charge in [-0.25, -0.2) is 8.78 Å². The number of alkyl halides is 5. The number of ether oxygens (including phenoxy) is 1. The van der Waals surface area contributed by atoms with Crippen LogP contribution in [0.3, 0.4) is 0 Å². The molecule has 0 heterocycles. The number of hydrogen-bond acceptors (Lipinski definition) is 3. The predicted molar refractivity (Wildman–Crippen MR) is 87.3 cm³/mol. The summed E-state index contributed by atoms with van der Waals surface area (Å²) in [5.41, 5.74) is -0.928. The third kappa shape index (κ3) is 8.43. The number of esters is 1. The van der Waals surface area contributed by atoms with Crippen molar-refractivity contribution in [2.45, 2.75) is 83.4 Å². The third-order valence-corrected chi connectivity index (χ3v) is 4.67. The molecule has 27 heavy (non-hydrogen) atoms. The third-order valence-electron chi connectivity index (χ3n) is 4.67. The van der Waals surface area contributed by atoms with Gasteiger partial charge in [-0.15, -0.1) is 0 Å². The second-order valence-electron chi connectivity index (χ2n) is 8.20. The average molecular weight is 402 g/mol. The summed E-state index contributed by atoms with van der Waals surface area (Å²) in [6, 6.07) is 0. The van der Waals surface area contributed by atoms with Gasteiger partial charge in [-0.2, -0.15) is 13.2 Å². The van der Waals surface area contributed by atoms with Crippen LogP contribution in [0, 0.1) is 17.8 Å². The number of aliphatic carboxylic acids is 1. The summed E-state index contributed by atoms with van der Waals surface area (Å²) in [6.07, 6.45) is -7.52. The standard InChI is InChI=1S/C18H27F5O4/c1-16(2,3)27-15(26)13(11-6-9-17(19,20)10-7-11)12(14(24)25)5-4-8-18(21,22)23/h11-13H,4-10H2,1-3H3,(H,24,25)/t12-,13?/m1/s1.